The number of fused-ring (bicyclic) bond motifs is 1. The van der Waals surface area contributed by atoms with Crippen LogP contribution in [0.3, 0.4) is 0 Å². The highest BCUT2D eigenvalue weighted by atomic mass is 32.2. The average Bonchev–Trinajstić information content (AvgIpc) is 3.48. The third-order valence-corrected chi connectivity index (χ3v) is 7.20. The summed E-state index contributed by atoms with van der Waals surface area (Å²) in [5.41, 5.74) is 4.25. The van der Waals surface area contributed by atoms with Crippen LogP contribution < -0.4 is 0 Å². The molecule has 1 aliphatic heterocycles. The van der Waals surface area contributed by atoms with Crippen LogP contribution in [0.4, 0.5) is 4.39 Å². The maximum Gasteiger partial charge on any atom is 0.192 e. The monoisotopic (exact) mass is 451 g/mol. The highest BCUT2D eigenvalue weighted by Crippen LogP contribution is 2.28. The summed E-state index contributed by atoms with van der Waals surface area (Å²) in [5.74, 6) is 0.776. The average molecular weight is 452 g/mol. The summed E-state index contributed by atoms with van der Waals surface area (Å²) in [6.07, 6.45) is 6.71. The van der Waals surface area contributed by atoms with Crippen LogP contribution in [0.15, 0.2) is 47.6 Å². The Bertz CT molecular complexity index is 1110. The Morgan fingerprint density at radius 3 is 2.66 bits per heavy atom. The number of nitrogens with zero attached hydrogens (tertiary/aromatic N) is 3. The van der Waals surface area contributed by atoms with E-state index >= 15 is 0 Å². The summed E-state index contributed by atoms with van der Waals surface area (Å²) in [6, 6.07) is 12.4. The topological polar surface area (TPSA) is 57.0 Å². The molecule has 2 aliphatic rings. The smallest absolute Gasteiger partial charge is 0.192 e. The van der Waals surface area contributed by atoms with Crippen LogP contribution in [0.5, 0.6) is 0 Å². The Labute approximate surface area is 191 Å². The number of halogens is 1. The quantitative estimate of drug-likeness (QED) is 0.369. The van der Waals surface area contributed by atoms with Gasteiger partial charge in [0.25, 0.3) is 0 Å². The fourth-order valence-electron chi connectivity index (χ4n) is 4.48. The summed E-state index contributed by atoms with van der Waals surface area (Å²) in [7, 11) is 0. The van der Waals surface area contributed by atoms with Crippen molar-refractivity contribution in [2.45, 2.75) is 56.3 Å². The minimum atomic E-state index is -0.288. The number of hydrogen-bond acceptors (Lipinski definition) is 5. The number of carbonyl (C=O) groups is 1. The molecule has 32 heavy (non-hydrogen) atoms. The van der Waals surface area contributed by atoms with Crippen molar-refractivity contribution >= 4 is 17.5 Å². The van der Waals surface area contributed by atoms with Crippen LogP contribution in [0, 0.1) is 5.82 Å². The first kappa shape index (κ1) is 21.3. The van der Waals surface area contributed by atoms with Gasteiger partial charge in [0.1, 0.15) is 5.82 Å². The van der Waals surface area contributed by atoms with E-state index in [1.165, 1.54) is 47.9 Å². The number of ketones is 1. The van der Waals surface area contributed by atoms with Crippen LogP contribution in [-0.4, -0.2) is 39.0 Å². The van der Waals surface area contributed by atoms with Gasteiger partial charge < -0.3 is 4.74 Å². The molecule has 1 saturated heterocycles. The van der Waals surface area contributed by atoms with Crippen molar-refractivity contribution in [2.24, 2.45) is 0 Å². The van der Waals surface area contributed by atoms with Gasteiger partial charge in [0.05, 0.1) is 18.4 Å². The Hall–Kier alpha value is -2.51. The number of ether oxygens (including phenoxy) is 1. The molecule has 0 saturated carbocycles. The first-order valence-electron chi connectivity index (χ1n) is 11.3. The Morgan fingerprint density at radius 1 is 1.06 bits per heavy atom. The van der Waals surface area contributed by atoms with E-state index in [2.05, 4.69) is 22.3 Å². The largest absolute Gasteiger partial charge is 0.376 e. The van der Waals surface area contributed by atoms with Gasteiger partial charge in [-0.3, -0.25) is 9.36 Å². The molecule has 0 N–H and O–H groups in total. The number of carbonyl (C=O) groups excluding carboxylic acids is 1. The van der Waals surface area contributed by atoms with Crippen LogP contribution in [0.25, 0.3) is 11.4 Å². The van der Waals surface area contributed by atoms with Crippen molar-refractivity contribution < 1.29 is 13.9 Å². The van der Waals surface area contributed by atoms with Crippen molar-refractivity contribution in [1.29, 1.82) is 0 Å². The standard InChI is InChI=1S/C25H26FN3O2S/c26-21-11-9-18(10-12-21)24-27-28-25(29(24)15-22-6-3-13-31-22)32-16-23(30)20-8-7-17-4-1-2-5-19(17)14-20/h7-12,14,22H,1-6,13,15-16H2/t22-/m1/s1. The van der Waals surface area contributed by atoms with Crippen molar-refractivity contribution in [3.8, 4) is 11.4 Å². The predicted molar refractivity (Wildman–Crippen MR) is 123 cm³/mol. The molecular weight excluding hydrogens is 425 g/mol. The SMILES string of the molecule is O=C(CSc1nnc(-c2ccc(F)cc2)n1C[C@H]1CCCO1)c1ccc2c(c1)CCCC2. The Morgan fingerprint density at radius 2 is 1.88 bits per heavy atom. The van der Waals surface area contributed by atoms with E-state index in [4.69, 9.17) is 4.74 Å². The van der Waals surface area contributed by atoms with Gasteiger partial charge in [0.2, 0.25) is 0 Å². The van der Waals surface area contributed by atoms with Crippen LogP contribution in [0.1, 0.15) is 47.2 Å². The van der Waals surface area contributed by atoms with Crippen LogP contribution in [-0.2, 0) is 24.1 Å². The molecule has 2 heterocycles. The van der Waals surface area contributed by atoms with Gasteiger partial charge in [0.15, 0.2) is 16.8 Å². The normalized spacial score (nSPS) is 18.0. The van der Waals surface area contributed by atoms with E-state index in [9.17, 15) is 9.18 Å². The van der Waals surface area contributed by atoms with Gasteiger partial charge in [-0.15, -0.1) is 10.2 Å². The minimum Gasteiger partial charge on any atom is -0.376 e. The van der Waals surface area contributed by atoms with Crippen LogP contribution in [0.2, 0.25) is 0 Å². The predicted octanol–water partition coefficient (Wildman–Crippen LogP) is 5.12. The summed E-state index contributed by atoms with van der Waals surface area (Å²) >= 11 is 1.40. The zero-order valence-corrected chi connectivity index (χ0v) is 18.7. The zero-order chi connectivity index (χ0) is 21.9. The molecule has 1 fully saturated rings. The summed E-state index contributed by atoms with van der Waals surface area (Å²) in [5, 5.41) is 9.42. The number of aryl methyl sites for hydroxylation is 2. The molecule has 1 aliphatic carbocycles. The maximum absolute atomic E-state index is 13.4. The number of aromatic nitrogens is 3. The zero-order valence-electron chi connectivity index (χ0n) is 17.9. The van der Waals surface area contributed by atoms with Gasteiger partial charge in [-0.05, 0) is 80.0 Å². The third-order valence-electron chi connectivity index (χ3n) is 6.23. The van der Waals surface area contributed by atoms with Gasteiger partial charge >= 0.3 is 0 Å². The second-order valence-corrected chi connectivity index (χ2v) is 9.40. The highest BCUT2D eigenvalue weighted by molar-refractivity contribution is 7.99. The first-order chi connectivity index (χ1) is 15.7. The van der Waals surface area contributed by atoms with Crippen LogP contribution >= 0.6 is 11.8 Å². The Balaban J connectivity index is 1.35. The van der Waals surface area contributed by atoms with E-state index < -0.39 is 0 Å². The van der Waals surface area contributed by atoms with E-state index in [-0.39, 0.29) is 17.7 Å². The number of rotatable bonds is 7. The molecule has 0 radical (unpaired) electrons. The molecule has 0 amide bonds. The van der Waals surface area contributed by atoms with E-state index in [1.54, 1.807) is 12.1 Å². The fourth-order valence-corrected chi connectivity index (χ4v) is 5.33. The number of thioether (sulfide) groups is 1. The van der Waals surface area contributed by atoms with Gasteiger partial charge in [-0.1, -0.05) is 23.9 Å². The van der Waals surface area contributed by atoms with Crippen molar-refractivity contribution in [2.75, 3.05) is 12.4 Å². The molecule has 7 heteroatoms. The third kappa shape index (κ3) is 4.64. The van der Waals surface area contributed by atoms with E-state index in [1.807, 2.05) is 10.6 Å². The summed E-state index contributed by atoms with van der Waals surface area (Å²) in [6.45, 7) is 1.38. The lowest BCUT2D eigenvalue weighted by Gasteiger charge is -2.16. The lowest BCUT2D eigenvalue weighted by Crippen LogP contribution is -2.17. The van der Waals surface area contributed by atoms with Gasteiger partial charge in [-0.2, -0.15) is 0 Å². The molecule has 5 nitrogen and oxygen atoms in total. The minimum absolute atomic E-state index is 0.0957. The highest BCUT2D eigenvalue weighted by Gasteiger charge is 2.23. The molecule has 1 atom stereocenters. The number of Topliss-reactive ketones (excluding diaryl/α,β-unsaturated/α-hetero) is 1. The lowest BCUT2D eigenvalue weighted by atomic mass is 9.90. The molecule has 1 aromatic heterocycles. The number of hydrogen-bond donors (Lipinski definition) is 0. The molecule has 0 unspecified atom stereocenters. The molecule has 0 spiro atoms. The van der Waals surface area contributed by atoms with Gasteiger partial charge in [0, 0.05) is 17.7 Å². The maximum atomic E-state index is 13.4. The molecule has 3 aromatic rings. The Kier molecular flexibility index (Phi) is 6.37. The summed E-state index contributed by atoms with van der Waals surface area (Å²) < 4.78 is 21.2. The molecule has 2 aromatic carbocycles. The van der Waals surface area contributed by atoms with E-state index in [0.717, 1.165) is 43.4 Å². The number of benzene rings is 2. The lowest BCUT2D eigenvalue weighted by molar-refractivity contribution is 0.0953. The van der Waals surface area contributed by atoms with E-state index in [0.29, 0.717) is 23.3 Å². The second kappa shape index (κ2) is 9.55. The molecular formula is C25H26FN3O2S. The molecule has 5 rings (SSSR count). The second-order valence-electron chi connectivity index (χ2n) is 8.46. The summed E-state index contributed by atoms with van der Waals surface area (Å²) in [4.78, 5) is 12.9. The molecule has 166 valence electrons. The molecule has 0 bridgehead atoms. The fraction of sp³-hybridized carbons (Fsp3) is 0.400. The van der Waals surface area contributed by atoms with Crippen molar-refractivity contribution in [3.63, 3.8) is 0 Å². The van der Waals surface area contributed by atoms with Gasteiger partial charge in [-0.25, -0.2) is 4.39 Å². The van der Waals surface area contributed by atoms with Crippen molar-refractivity contribution in [3.05, 3.63) is 65.0 Å². The first-order valence-corrected chi connectivity index (χ1v) is 12.2. The van der Waals surface area contributed by atoms with Crippen molar-refractivity contribution in [1.82, 2.24) is 14.8 Å².